The van der Waals surface area contributed by atoms with Gasteiger partial charge in [0.25, 0.3) is 0 Å². The Bertz CT molecular complexity index is 1250. The summed E-state index contributed by atoms with van der Waals surface area (Å²) >= 11 is 0. The van der Waals surface area contributed by atoms with Crippen molar-refractivity contribution in [3.63, 3.8) is 0 Å². The number of benzene rings is 2. The Balaban J connectivity index is 0.00000294. The van der Waals surface area contributed by atoms with Gasteiger partial charge in [0.15, 0.2) is 0 Å². The third kappa shape index (κ3) is 5.99. The maximum atomic E-state index is 5.56. The third-order valence-corrected chi connectivity index (χ3v) is 12.2. The van der Waals surface area contributed by atoms with Gasteiger partial charge in [-0.15, -0.1) is 81.2 Å². The minimum atomic E-state index is -1.95. The zero-order chi connectivity index (χ0) is 25.2. The van der Waals surface area contributed by atoms with Crippen molar-refractivity contribution < 1.29 is 58.9 Å². The van der Waals surface area contributed by atoms with Crippen molar-refractivity contribution in [2.45, 2.75) is 25.9 Å². The Morgan fingerprint density at radius 1 is 0.658 bits per heavy atom. The summed E-state index contributed by atoms with van der Waals surface area (Å²) in [6.45, 7) is 15.0. The van der Waals surface area contributed by atoms with E-state index in [2.05, 4.69) is 83.6 Å². The number of fused-ring (bicyclic) bond motifs is 2. The van der Waals surface area contributed by atoms with E-state index in [4.69, 9.17) is 9.47 Å². The van der Waals surface area contributed by atoms with Crippen LogP contribution in [0.1, 0.15) is 11.1 Å². The Morgan fingerprint density at radius 3 is 1.47 bits per heavy atom. The molecule has 0 saturated carbocycles. The van der Waals surface area contributed by atoms with Crippen molar-refractivity contribution in [3.05, 3.63) is 71.8 Å². The molecular weight excluding hydrogens is 624 g/mol. The van der Waals surface area contributed by atoms with E-state index in [0.29, 0.717) is 0 Å². The van der Waals surface area contributed by atoms with Gasteiger partial charge in [-0.05, 0) is 25.9 Å². The molecule has 0 N–H and O–H groups in total. The zero-order valence-corrected chi connectivity index (χ0v) is 26.3. The average molecular weight is 665 g/mol. The fourth-order valence-corrected chi connectivity index (χ4v) is 9.60. The summed E-state index contributed by atoms with van der Waals surface area (Å²) in [6, 6.07) is 23.4. The number of nitrogens with zero attached hydrogens (tertiary/aromatic N) is 2. The molecule has 2 saturated heterocycles. The molecule has 2 aliphatic rings. The molecule has 2 aliphatic heterocycles. The number of rotatable bonds is 8. The first-order valence-corrected chi connectivity index (χ1v) is 17.1. The van der Waals surface area contributed by atoms with Crippen LogP contribution in [-0.2, 0) is 22.3 Å². The maximum Gasteiger partial charge on any atom is 2.00 e. The molecule has 0 aliphatic carbocycles. The molecule has 201 valence electrons. The van der Waals surface area contributed by atoms with Gasteiger partial charge in [-0.1, -0.05) is 25.2 Å². The number of morpholine rings is 2. The van der Waals surface area contributed by atoms with Gasteiger partial charge in [-0.25, -0.2) is 0 Å². The molecule has 0 atom stereocenters. The van der Waals surface area contributed by atoms with Crippen molar-refractivity contribution >= 4 is 40.0 Å². The van der Waals surface area contributed by atoms with E-state index >= 15 is 0 Å². The van der Waals surface area contributed by atoms with Crippen molar-refractivity contribution in [3.8, 4) is 0 Å². The standard InChI is InChI=1S/C32H40N2O2Si.Eu/c1-37(2,31-23-25(27-7-3-5-9-29(27)31)11-13-33-15-19-35-20-16-33)32-24-26(28-8-4-6-10-30(28)32)12-14-34-17-21-36-22-18-34;/h3-10,23-24H,11-22H2,1-2H3;/q-2;+2. The van der Waals surface area contributed by atoms with Gasteiger partial charge in [-0.2, -0.15) is 10.4 Å². The fraction of sp³-hybridized carbons (Fsp3) is 0.438. The topological polar surface area (TPSA) is 24.9 Å². The molecule has 2 heterocycles. The summed E-state index contributed by atoms with van der Waals surface area (Å²) in [4.78, 5) is 5.11. The van der Waals surface area contributed by atoms with Crippen LogP contribution in [0, 0.1) is 49.4 Å². The second-order valence-electron chi connectivity index (χ2n) is 11.3. The first-order chi connectivity index (χ1) is 18.1. The predicted octanol–water partition coefficient (Wildman–Crippen LogP) is 4.00. The number of hydrogen-bond donors (Lipinski definition) is 0. The Kier molecular flexibility index (Phi) is 9.76. The second-order valence-corrected chi connectivity index (χ2v) is 15.6. The summed E-state index contributed by atoms with van der Waals surface area (Å²) in [7, 11) is -1.95. The molecule has 6 heteroatoms. The Morgan fingerprint density at radius 2 is 1.05 bits per heavy atom. The molecule has 1 radical (unpaired) electrons. The van der Waals surface area contributed by atoms with Crippen LogP contribution in [0.5, 0.6) is 0 Å². The first-order valence-electron chi connectivity index (χ1n) is 14.1. The molecule has 4 aromatic rings. The van der Waals surface area contributed by atoms with Gasteiger partial charge in [-0.3, -0.25) is 9.80 Å². The molecule has 0 bridgehead atoms. The van der Waals surface area contributed by atoms with Gasteiger partial charge < -0.3 is 9.47 Å². The van der Waals surface area contributed by atoms with Crippen LogP contribution in [0.4, 0.5) is 0 Å². The molecule has 0 unspecified atom stereocenters. The van der Waals surface area contributed by atoms with Gasteiger partial charge in [0, 0.05) is 34.3 Å². The van der Waals surface area contributed by atoms with Crippen LogP contribution in [0.15, 0.2) is 60.7 Å². The third-order valence-electron chi connectivity index (χ3n) is 8.71. The van der Waals surface area contributed by atoms with Gasteiger partial charge in [0.1, 0.15) is 0 Å². The van der Waals surface area contributed by atoms with Gasteiger partial charge >= 0.3 is 49.4 Å². The van der Waals surface area contributed by atoms with E-state index in [1.807, 2.05) is 0 Å². The van der Waals surface area contributed by atoms with Gasteiger partial charge in [0.2, 0.25) is 0 Å². The molecule has 6 rings (SSSR count). The van der Waals surface area contributed by atoms with Crippen molar-refractivity contribution in [2.75, 3.05) is 65.7 Å². The quantitative estimate of drug-likeness (QED) is 0.210. The SMILES string of the molecule is C[Si](C)(c1c[c-](CCN2CCOCC2)c2ccccc12)c1c[c-](CCN2CCOCC2)c2ccccc12.[Eu+2]. The van der Waals surface area contributed by atoms with Crippen LogP contribution in [0.25, 0.3) is 21.5 Å². The van der Waals surface area contributed by atoms with E-state index in [1.165, 1.54) is 32.7 Å². The minimum Gasteiger partial charge on any atom is -0.379 e. The van der Waals surface area contributed by atoms with E-state index in [9.17, 15) is 0 Å². The molecule has 4 nitrogen and oxygen atoms in total. The fourth-order valence-electron chi connectivity index (χ4n) is 6.46. The zero-order valence-electron chi connectivity index (χ0n) is 22.8. The average Bonchev–Trinajstić information content (AvgIpc) is 3.52. The molecule has 0 amide bonds. The first kappa shape index (κ1) is 28.8. The minimum absolute atomic E-state index is 0. The van der Waals surface area contributed by atoms with Crippen LogP contribution in [0.2, 0.25) is 13.1 Å². The molecular formula is C32H40EuN2O2Si. The van der Waals surface area contributed by atoms with E-state index in [0.717, 1.165) is 78.5 Å². The van der Waals surface area contributed by atoms with E-state index in [-0.39, 0.29) is 49.4 Å². The molecule has 2 fully saturated rings. The van der Waals surface area contributed by atoms with Crippen LogP contribution < -0.4 is 10.4 Å². The second kappa shape index (κ2) is 12.9. The smallest absolute Gasteiger partial charge is 0.379 e. The Labute approximate surface area is 269 Å². The molecule has 4 aromatic carbocycles. The summed E-state index contributed by atoms with van der Waals surface area (Å²) in [6.07, 6.45) is 2.22. The van der Waals surface area contributed by atoms with Crippen molar-refractivity contribution in [1.82, 2.24) is 9.80 Å². The van der Waals surface area contributed by atoms with E-state index in [1.54, 1.807) is 10.4 Å². The van der Waals surface area contributed by atoms with Crippen LogP contribution >= 0.6 is 0 Å². The van der Waals surface area contributed by atoms with Crippen LogP contribution in [0.3, 0.4) is 0 Å². The molecule has 38 heavy (non-hydrogen) atoms. The summed E-state index contributed by atoms with van der Waals surface area (Å²) in [5.41, 5.74) is 3.03. The largest absolute Gasteiger partial charge is 2.00 e. The summed E-state index contributed by atoms with van der Waals surface area (Å²) in [5, 5.41) is 9.03. The molecule has 0 aromatic heterocycles. The summed E-state index contributed by atoms with van der Waals surface area (Å²) < 4.78 is 11.1. The molecule has 0 spiro atoms. The normalized spacial score (nSPS) is 17.7. The Hall–Kier alpha value is -0.699. The van der Waals surface area contributed by atoms with Crippen molar-refractivity contribution in [1.29, 1.82) is 0 Å². The van der Waals surface area contributed by atoms with E-state index < -0.39 is 8.07 Å². The van der Waals surface area contributed by atoms with Crippen molar-refractivity contribution in [2.24, 2.45) is 0 Å². The van der Waals surface area contributed by atoms with Crippen LogP contribution in [-0.4, -0.2) is 83.6 Å². The predicted molar refractivity (Wildman–Crippen MR) is 158 cm³/mol. The van der Waals surface area contributed by atoms with Gasteiger partial charge in [0.05, 0.1) is 26.4 Å². The monoisotopic (exact) mass is 665 g/mol. The summed E-state index contributed by atoms with van der Waals surface area (Å²) in [5.74, 6) is 0. The maximum absolute atomic E-state index is 5.56. The number of ether oxygens (including phenoxy) is 2. The number of hydrogen-bond acceptors (Lipinski definition) is 4.